The van der Waals surface area contributed by atoms with Crippen LogP contribution in [0.4, 0.5) is 0 Å². The van der Waals surface area contributed by atoms with Gasteiger partial charge in [0.2, 0.25) is 0 Å². The summed E-state index contributed by atoms with van der Waals surface area (Å²) in [7, 11) is 1.85. The highest BCUT2D eigenvalue weighted by Crippen LogP contribution is 2.22. The fourth-order valence-electron chi connectivity index (χ4n) is 2.09. The molecule has 0 radical (unpaired) electrons. The van der Waals surface area contributed by atoms with Crippen LogP contribution in [0.1, 0.15) is 48.0 Å². The molecule has 0 aliphatic rings. The molecule has 1 aromatic carbocycles. The van der Waals surface area contributed by atoms with Crippen LogP contribution in [0.3, 0.4) is 0 Å². The highest BCUT2D eigenvalue weighted by atomic mass is 16.2. The number of hydrogen-bond acceptors (Lipinski definition) is 3. The summed E-state index contributed by atoms with van der Waals surface area (Å²) in [6, 6.07) is 7.59. The summed E-state index contributed by atoms with van der Waals surface area (Å²) in [5, 5.41) is 8.20. The van der Waals surface area contributed by atoms with Crippen LogP contribution in [0.15, 0.2) is 35.6 Å². The van der Waals surface area contributed by atoms with Gasteiger partial charge < -0.3 is 0 Å². The average Bonchev–Trinajstić information content (AvgIpc) is 2.76. The zero-order valence-corrected chi connectivity index (χ0v) is 13.7. The lowest BCUT2D eigenvalue weighted by Gasteiger charge is -2.18. The van der Waals surface area contributed by atoms with E-state index in [4.69, 9.17) is 0 Å². The number of hydrazone groups is 1. The van der Waals surface area contributed by atoms with Gasteiger partial charge in [-0.3, -0.25) is 9.48 Å². The van der Waals surface area contributed by atoms with E-state index in [1.165, 1.54) is 5.56 Å². The Balaban J connectivity index is 2.02. The second kappa shape index (κ2) is 6.13. The van der Waals surface area contributed by atoms with Crippen molar-refractivity contribution in [1.29, 1.82) is 0 Å². The minimum atomic E-state index is -0.224. The number of hydrogen-bond donors (Lipinski definition) is 1. The first-order chi connectivity index (χ1) is 10.3. The second-order valence-corrected chi connectivity index (χ2v) is 6.37. The third-order valence-electron chi connectivity index (χ3n) is 3.43. The van der Waals surface area contributed by atoms with Gasteiger partial charge in [0, 0.05) is 24.4 Å². The zero-order valence-electron chi connectivity index (χ0n) is 13.7. The van der Waals surface area contributed by atoms with E-state index in [9.17, 15) is 4.79 Å². The Bertz CT molecular complexity index is 690. The number of aromatic nitrogens is 2. The van der Waals surface area contributed by atoms with Gasteiger partial charge >= 0.3 is 0 Å². The lowest BCUT2D eigenvalue weighted by molar-refractivity contribution is 0.0955. The average molecular weight is 298 g/mol. The molecule has 5 heteroatoms. The van der Waals surface area contributed by atoms with Crippen molar-refractivity contribution in [3.8, 4) is 0 Å². The molecule has 0 atom stereocenters. The topological polar surface area (TPSA) is 59.3 Å². The summed E-state index contributed by atoms with van der Waals surface area (Å²) in [5.74, 6) is -0.224. The summed E-state index contributed by atoms with van der Waals surface area (Å²) in [4.78, 5) is 12.0. The van der Waals surface area contributed by atoms with E-state index in [1.807, 2.05) is 44.4 Å². The number of benzene rings is 1. The summed E-state index contributed by atoms with van der Waals surface area (Å²) in [6.07, 6.45) is 3.45. The van der Waals surface area contributed by atoms with Gasteiger partial charge in [-0.15, -0.1) is 0 Å². The predicted octanol–water partition coefficient (Wildman–Crippen LogP) is 2.79. The maximum Gasteiger partial charge on any atom is 0.271 e. The molecule has 1 heterocycles. The molecule has 0 saturated heterocycles. The quantitative estimate of drug-likeness (QED) is 0.699. The Morgan fingerprint density at radius 1 is 1.27 bits per heavy atom. The molecule has 2 rings (SSSR count). The number of nitrogens with one attached hydrogen (secondary N) is 1. The van der Waals surface area contributed by atoms with Crippen LogP contribution in [0.2, 0.25) is 0 Å². The molecule has 0 aliphatic carbocycles. The highest BCUT2D eigenvalue weighted by molar-refractivity contribution is 5.95. The van der Waals surface area contributed by atoms with Crippen LogP contribution < -0.4 is 5.43 Å². The Labute approximate surface area is 131 Å². The number of rotatable bonds is 3. The van der Waals surface area contributed by atoms with Gasteiger partial charge in [0.1, 0.15) is 0 Å². The standard InChI is InChI=1S/C17H22N4O/c1-12-14(11-21(5)20-12)10-18-19-16(22)13-6-8-15(9-7-13)17(2,3)4/h6-11H,1-5H3,(H,19,22). The largest absolute Gasteiger partial charge is 0.275 e. The van der Waals surface area contributed by atoms with Crippen molar-refractivity contribution in [1.82, 2.24) is 15.2 Å². The van der Waals surface area contributed by atoms with Crippen LogP contribution in [0.5, 0.6) is 0 Å². The second-order valence-electron chi connectivity index (χ2n) is 6.37. The van der Waals surface area contributed by atoms with Crippen LogP contribution in [-0.2, 0) is 12.5 Å². The third kappa shape index (κ3) is 3.81. The smallest absolute Gasteiger partial charge is 0.271 e. The fourth-order valence-corrected chi connectivity index (χ4v) is 2.09. The Kier molecular flexibility index (Phi) is 4.45. The molecule has 0 bridgehead atoms. The van der Waals surface area contributed by atoms with Crippen LogP contribution >= 0.6 is 0 Å². The minimum Gasteiger partial charge on any atom is -0.275 e. The van der Waals surface area contributed by atoms with E-state index in [2.05, 4.69) is 36.4 Å². The first kappa shape index (κ1) is 15.9. The van der Waals surface area contributed by atoms with Gasteiger partial charge in [0.15, 0.2) is 0 Å². The molecule has 22 heavy (non-hydrogen) atoms. The normalized spacial score (nSPS) is 11.9. The van der Waals surface area contributed by atoms with Gasteiger partial charge in [-0.2, -0.15) is 10.2 Å². The van der Waals surface area contributed by atoms with Crippen molar-refractivity contribution < 1.29 is 4.79 Å². The molecular weight excluding hydrogens is 276 g/mol. The van der Waals surface area contributed by atoms with Gasteiger partial charge in [-0.05, 0) is 30.0 Å². The van der Waals surface area contributed by atoms with Gasteiger partial charge in [0.25, 0.3) is 5.91 Å². The molecule has 0 spiro atoms. The Hall–Kier alpha value is -2.43. The molecule has 0 fully saturated rings. The Morgan fingerprint density at radius 2 is 1.91 bits per heavy atom. The lowest BCUT2D eigenvalue weighted by atomic mass is 9.87. The first-order valence-electron chi connectivity index (χ1n) is 7.21. The van der Waals surface area contributed by atoms with E-state index >= 15 is 0 Å². The van der Waals surface area contributed by atoms with E-state index in [1.54, 1.807) is 10.9 Å². The summed E-state index contributed by atoms with van der Waals surface area (Å²) < 4.78 is 1.71. The summed E-state index contributed by atoms with van der Waals surface area (Å²) in [6.45, 7) is 8.32. The molecule has 0 aliphatic heterocycles. The fraction of sp³-hybridized carbons (Fsp3) is 0.353. The zero-order chi connectivity index (χ0) is 16.3. The number of amides is 1. The van der Waals surface area contributed by atoms with Crippen LogP contribution in [0.25, 0.3) is 0 Å². The van der Waals surface area contributed by atoms with E-state index in [0.717, 1.165) is 11.3 Å². The third-order valence-corrected chi connectivity index (χ3v) is 3.43. The van der Waals surface area contributed by atoms with Crippen LogP contribution in [-0.4, -0.2) is 21.9 Å². The van der Waals surface area contributed by atoms with E-state index < -0.39 is 0 Å². The Morgan fingerprint density at radius 3 is 2.41 bits per heavy atom. The molecule has 116 valence electrons. The van der Waals surface area contributed by atoms with Crippen molar-refractivity contribution in [2.24, 2.45) is 12.1 Å². The summed E-state index contributed by atoms with van der Waals surface area (Å²) >= 11 is 0. The maximum atomic E-state index is 12.0. The van der Waals surface area contributed by atoms with E-state index in [-0.39, 0.29) is 11.3 Å². The lowest BCUT2D eigenvalue weighted by Crippen LogP contribution is -2.18. The molecule has 1 N–H and O–H groups in total. The highest BCUT2D eigenvalue weighted by Gasteiger charge is 2.14. The maximum absolute atomic E-state index is 12.0. The molecule has 1 amide bonds. The van der Waals surface area contributed by atoms with Crippen molar-refractivity contribution in [2.75, 3.05) is 0 Å². The molecule has 2 aromatic rings. The first-order valence-corrected chi connectivity index (χ1v) is 7.21. The monoisotopic (exact) mass is 298 g/mol. The number of carbonyl (C=O) groups excluding carboxylic acids is 1. The molecule has 0 saturated carbocycles. The van der Waals surface area contributed by atoms with E-state index in [0.29, 0.717) is 5.56 Å². The molecule has 1 aromatic heterocycles. The number of aryl methyl sites for hydroxylation is 2. The van der Waals surface area contributed by atoms with Gasteiger partial charge in [0.05, 0.1) is 11.9 Å². The van der Waals surface area contributed by atoms with Crippen molar-refractivity contribution in [3.05, 3.63) is 52.8 Å². The molecular formula is C17H22N4O. The van der Waals surface area contributed by atoms with Crippen molar-refractivity contribution in [2.45, 2.75) is 33.1 Å². The number of carbonyl (C=O) groups is 1. The molecule has 0 unspecified atom stereocenters. The number of nitrogens with zero attached hydrogens (tertiary/aromatic N) is 3. The van der Waals surface area contributed by atoms with Crippen molar-refractivity contribution in [3.63, 3.8) is 0 Å². The SMILES string of the molecule is Cc1nn(C)cc1C=NNC(=O)c1ccc(C(C)(C)C)cc1. The van der Waals surface area contributed by atoms with Crippen molar-refractivity contribution >= 4 is 12.1 Å². The van der Waals surface area contributed by atoms with Gasteiger partial charge in [-0.1, -0.05) is 32.9 Å². The summed E-state index contributed by atoms with van der Waals surface area (Å²) in [5.41, 5.74) is 6.14. The predicted molar refractivity (Wildman–Crippen MR) is 88.1 cm³/mol. The minimum absolute atomic E-state index is 0.0744. The van der Waals surface area contributed by atoms with Gasteiger partial charge in [-0.25, -0.2) is 5.43 Å². The molecule has 5 nitrogen and oxygen atoms in total. The van der Waals surface area contributed by atoms with Crippen LogP contribution in [0, 0.1) is 6.92 Å².